The molecule has 2 rings (SSSR count). The smallest absolute Gasteiger partial charge is 0.257 e. The standard InChI is InChI=1S/C14H21N3O2/c1-9-4-5-17(8-13(9)19-3)14(18)11-7-16-10(2)6-12(11)15/h6-7,9,13H,4-5,8H2,1-3H3,(H2,15,16). The van der Waals surface area contributed by atoms with Crippen molar-refractivity contribution in [1.82, 2.24) is 9.88 Å². The number of aromatic nitrogens is 1. The van der Waals surface area contributed by atoms with Crippen molar-refractivity contribution in [3.63, 3.8) is 0 Å². The Morgan fingerprint density at radius 3 is 2.95 bits per heavy atom. The quantitative estimate of drug-likeness (QED) is 0.877. The molecule has 1 saturated heterocycles. The van der Waals surface area contributed by atoms with Crippen LogP contribution in [0.3, 0.4) is 0 Å². The van der Waals surface area contributed by atoms with E-state index in [1.54, 1.807) is 24.3 Å². The van der Waals surface area contributed by atoms with Crippen molar-refractivity contribution >= 4 is 11.6 Å². The second-order valence-electron chi connectivity index (χ2n) is 5.20. The van der Waals surface area contributed by atoms with Gasteiger partial charge in [-0.25, -0.2) is 0 Å². The molecule has 2 unspecified atom stereocenters. The molecule has 1 aromatic rings. The van der Waals surface area contributed by atoms with E-state index < -0.39 is 0 Å². The van der Waals surface area contributed by atoms with Crippen molar-refractivity contribution in [2.75, 3.05) is 25.9 Å². The third-order valence-corrected chi connectivity index (χ3v) is 3.78. The molecule has 0 saturated carbocycles. The molecule has 0 radical (unpaired) electrons. The monoisotopic (exact) mass is 263 g/mol. The predicted octanol–water partition coefficient (Wildman–Crippen LogP) is 1.47. The van der Waals surface area contributed by atoms with Gasteiger partial charge in [0.1, 0.15) is 0 Å². The highest BCUT2D eigenvalue weighted by Gasteiger charge is 2.30. The number of carbonyl (C=O) groups is 1. The Bertz CT molecular complexity index is 476. The lowest BCUT2D eigenvalue weighted by atomic mass is 9.95. The second-order valence-corrected chi connectivity index (χ2v) is 5.20. The van der Waals surface area contributed by atoms with E-state index in [-0.39, 0.29) is 12.0 Å². The number of rotatable bonds is 2. The van der Waals surface area contributed by atoms with Crippen LogP contribution in [0, 0.1) is 12.8 Å². The minimum absolute atomic E-state index is 0.0565. The number of piperidine rings is 1. The van der Waals surface area contributed by atoms with Crippen molar-refractivity contribution in [3.8, 4) is 0 Å². The van der Waals surface area contributed by atoms with Gasteiger partial charge < -0.3 is 15.4 Å². The van der Waals surface area contributed by atoms with Crippen LogP contribution in [0.2, 0.25) is 0 Å². The summed E-state index contributed by atoms with van der Waals surface area (Å²) in [4.78, 5) is 18.4. The molecule has 2 N–H and O–H groups in total. The van der Waals surface area contributed by atoms with Gasteiger partial charge in [-0.3, -0.25) is 9.78 Å². The topological polar surface area (TPSA) is 68.5 Å². The summed E-state index contributed by atoms with van der Waals surface area (Å²) in [5.41, 5.74) is 7.69. The van der Waals surface area contributed by atoms with Gasteiger partial charge in [0, 0.05) is 37.8 Å². The van der Waals surface area contributed by atoms with Gasteiger partial charge in [0.25, 0.3) is 5.91 Å². The summed E-state index contributed by atoms with van der Waals surface area (Å²) >= 11 is 0. The first kappa shape index (κ1) is 13.8. The Balaban J connectivity index is 2.15. The molecule has 2 heterocycles. The largest absolute Gasteiger partial charge is 0.398 e. The fourth-order valence-corrected chi connectivity index (χ4v) is 2.46. The SMILES string of the molecule is COC1CN(C(=O)c2cnc(C)cc2N)CCC1C. The highest BCUT2D eigenvalue weighted by molar-refractivity contribution is 5.98. The lowest BCUT2D eigenvalue weighted by molar-refractivity contribution is -0.00154. The van der Waals surface area contributed by atoms with E-state index in [1.807, 2.05) is 6.92 Å². The zero-order chi connectivity index (χ0) is 14.0. The summed E-state index contributed by atoms with van der Waals surface area (Å²) < 4.78 is 5.43. The molecule has 2 atom stereocenters. The molecule has 0 spiro atoms. The number of likely N-dealkylation sites (tertiary alicyclic amines) is 1. The predicted molar refractivity (Wildman–Crippen MR) is 73.9 cm³/mol. The minimum Gasteiger partial charge on any atom is -0.398 e. The average molecular weight is 263 g/mol. The minimum atomic E-state index is -0.0565. The lowest BCUT2D eigenvalue weighted by Crippen LogP contribution is -2.46. The summed E-state index contributed by atoms with van der Waals surface area (Å²) in [7, 11) is 1.69. The number of hydrogen-bond donors (Lipinski definition) is 1. The normalized spacial score (nSPS) is 23.4. The van der Waals surface area contributed by atoms with E-state index in [9.17, 15) is 4.79 Å². The van der Waals surface area contributed by atoms with Crippen LogP contribution in [0.1, 0.15) is 29.4 Å². The van der Waals surface area contributed by atoms with E-state index in [4.69, 9.17) is 10.5 Å². The van der Waals surface area contributed by atoms with Gasteiger partial charge in [-0.05, 0) is 25.3 Å². The number of nitrogens with two attached hydrogens (primary N) is 1. The molecule has 0 bridgehead atoms. The Morgan fingerprint density at radius 1 is 1.58 bits per heavy atom. The summed E-state index contributed by atoms with van der Waals surface area (Å²) in [5, 5.41) is 0. The van der Waals surface area contributed by atoms with Crippen LogP contribution in [0.5, 0.6) is 0 Å². The van der Waals surface area contributed by atoms with E-state index in [0.717, 1.165) is 18.7 Å². The van der Waals surface area contributed by atoms with E-state index in [0.29, 0.717) is 23.7 Å². The van der Waals surface area contributed by atoms with Crippen molar-refractivity contribution in [3.05, 3.63) is 23.5 Å². The van der Waals surface area contributed by atoms with Crippen LogP contribution in [-0.2, 0) is 4.74 Å². The van der Waals surface area contributed by atoms with Gasteiger partial charge in [-0.15, -0.1) is 0 Å². The van der Waals surface area contributed by atoms with Crippen molar-refractivity contribution in [1.29, 1.82) is 0 Å². The number of pyridine rings is 1. The highest BCUT2D eigenvalue weighted by Crippen LogP contribution is 2.22. The van der Waals surface area contributed by atoms with Crippen molar-refractivity contribution in [2.45, 2.75) is 26.4 Å². The molecule has 1 fully saturated rings. The first-order valence-corrected chi connectivity index (χ1v) is 6.57. The Labute approximate surface area is 113 Å². The highest BCUT2D eigenvalue weighted by atomic mass is 16.5. The van der Waals surface area contributed by atoms with Crippen LogP contribution in [0.15, 0.2) is 12.3 Å². The number of anilines is 1. The van der Waals surface area contributed by atoms with Crippen LogP contribution in [0.25, 0.3) is 0 Å². The number of ether oxygens (including phenoxy) is 1. The van der Waals surface area contributed by atoms with Gasteiger partial charge in [0.15, 0.2) is 0 Å². The average Bonchev–Trinajstić information content (AvgIpc) is 2.38. The molecule has 1 aromatic heterocycles. The molecular formula is C14H21N3O2. The molecule has 0 aromatic carbocycles. The van der Waals surface area contributed by atoms with Gasteiger partial charge in [-0.2, -0.15) is 0 Å². The van der Waals surface area contributed by atoms with Crippen LogP contribution in [-0.4, -0.2) is 42.1 Å². The van der Waals surface area contributed by atoms with Crippen molar-refractivity contribution < 1.29 is 9.53 Å². The van der Waals surface area contributed by atoms with Gasteiger partial charge >= 0.3 is 0 Å². The van der Waals surface area contributed by atoms with Crippen LogP contribution >= 0.6 is 0 Å². The number of amides is 1. The fraction of sp³-hybridized carbons (Fsp3) is 0.571. The molecular weight excluding hydrogens is 242 g/mol. The fourth-order valence-electron chi connectivity index (χ4n) is 2.46. The van der Waals surface area contributed by atoms with Crippen LogP contribution < -0.4 is 5.73 Å². The Hall–Kier alpha value is -1.62. The number of methoxy groups -OCH3 is 1. The molecule has 1 amide bonds. The van der Waals surface area contributed by atoms with Gasteiger partial charge in [0.2, 0.25) is 0 Å². The Morgan fingerprint density at radius 2 is 2.32 bits per heavy atom. The third-order valence-electron chi connectivity index (χ3n) is 3.78. The first-order chi connectivity index (χ1) is 9.02. The molecule has 0 aliphatic carbocycles. The van der Waals surface area contributed by atoms with Crippen molar-refractivity contribution in [2.24, 2.45) is 5.92 Å². The van der Waals surface area contributed by atoms with E-state index in [1.165, 1.54) is 0 Å². The molecule has 104 valence electrons. The summed E-state index contributed by atoms with van der Waals surface area (Å²) in [5.74, 6) is 0.418. The molecule has 1 aliphatic rings. The van der Waals surface area contributed by atoms with Gasteiger partial charge in [-0.1, -0.05) is 6.92 Å². The number of aryl methyl sites for hydroxylation is 1. The molecule has 19 heavy (non-hydrogen) atoms. The summed E-state index contributed by atoms with van der Waals surface area (Å²) in [6.07, 6.45) is 2.60. The summed E-state index contributed by atoms with van der Waals surface area (Å²) in [6.45, 7) is 5.36. The summed E-state index contributed by atoms with van der Waals surface area (Å²) in [6, 6.07) is 1.73. The number of carbonyl (C=O) groups excluding carboxylic acids is 1. The maximum Gasteiger partial charge on any atom is 0.257 e. The maximum atomic E-state index is 12.5. The number of hydrogen-bond acceptors (Lipinski definition) is 4. The first-order valence-electron chi connectivity index (χ1n) is 6.57. The zero-order valence-corrected chi connectivity index (χ0v) is 11.7. The number of nitrogens with zero attached hydrogens (tertiary/aromatic N) is 2. The molecule has 1 aliphatic heterocycles. The van der Waals surface area contributed by atoms with E-state index in [2.05, 4.69) is 11.9 Å². The zero-order valence-electron chi connectivity index (χ0n) is 11.7. The molecule has 5 heteroatoms. The van der Waals surface area contributed by atoms with Crippen LogP contribution in [0.4, 0.5) is 5.69 Å². The second kappa shape index (κ2) is 5.57. The number of nitrogen functional groups attached to an aromatic ring is 1. The lowest BCUT2D eigenvalue weighted by Gasteiger charge is -2.36. The van der Waals surface area contributed by atoms with E-state index >= 15 is 0 Å². The maximum absolute atomic E-state index is 12.5. The molecule has 5 nitrogen and oxygen atoms in total. The van der Waals surface area contributed by atoms with Gasteiger partial charge in [0.05, 0.1) is 11.7 Å². The Kier molecular flexibility index (Phi) is 4.04. The third kappa shape index (κ3) is 2.87.